The number of nitrogens with zero attached hydrogens (tertiary/aromatic N) is 1. The fourth-order valence-corrected chi connectivity index (χ4v) is 2.52. The highest BCUT2D eigenvalue weighted by atomic mass is 16.5. The molecule has 1 saturated heterocycles. The number of anilines is 1. The van der Waals surface area contributed by atoms with Crippen LogP contribution in [0.1, 0.15) is 30.6 Å². The van der Waals surface area contributed by atoms with Gasteiger partial charge in [0.15, 0.2) is 0 Å². The number of carbonyl (C=O) groups excluding carboxylic acids is 1. The molecule has 2 unspecified atom stereocenters. The minimum Gasteiger partial charge on any atom is -0.496 e. The first-order valence-corrected chi connectivity index (χ1v) is 6.93. The molecular weight excluding hydrogens is 256 g/mol. The maximum atomic E-state index is 12.8. The lowest BCUT2D eigenvalue weighted by Gasteiger charge is -2.38. The van der Waals surface area contributed by atoms with Gasteiger partial charge in [-0.05, 0) is 25.5 Å². The molecule has 0 spiro atoms. The summed E-state index contributed by atoms with van der Waals surface area (Å²) >= 11 is 0. The average molecular weight is 278 g/mol. The highest BCUT2D eigenvalue weighted by molar-refractivity contribution is 6.02. The molecule has 2 N–H and O–H groups in total. The van der Waals surface area contributed by atoms with Crippen LogP contribution in [0.3, 0.4) is 0 Å². The fraction of sp³-hybridized carbons (Fsp3) is 0.533. The molecule has 1 amide bonds. The molecule has 1 aliphatic rings. The second kappa shape index (κ2) is 6.13. The highest BCUT2D eigenvalue weighted by Gasteiger charge is 2.32. The lowest BCUT2D eigenvalue weighted by atomic mass is 10.1. The third-order valence-electron chi connectivity index (χ3n) is 3.69. The van der Waals surface area contributed by atoms with Gasteiger partial charge in [-0.15, -0.1) is 0 Å². The number of amides is 1. The van der Waals surface area contributed by atoms with Crippen LogP contribution in [-0.2, 0) is 4.74 Å². The highest BCUT2D eigenvalue weighted by Crippen LogP contribution is 2.28. The molecule has 2 rings (SSSR count). The van der Waals surface area contributed by atoms with E-state index in [2.05, 4.69) is 6.92 Å². The summed E-state index contributed by atoms with van der Waals surface area (Å²) in [4.78, 5) is 14.7. The third-order valence-corrected chi connectivity index (χ3v) is 3.69. The third kappa shape index (κ3) is 2.72. The van der Waals surface area contributed by atoms with Crippen LogP contribution in [0.2, 0.25) is 0 Å². The normalized spacial score (nSPS) is 22.6. The molecule has 0 aromatic heterocycles. The van der Waals surface area contributed by atoms with Crippen molar-refractivity contribution in [1.29, 1.82) is 0 Å². The summed E-state index contributed by atoms with van der Waals surface area (Å²) in [5.74, 6) is 0.436. The Labute approximate surface area is 119 Å². The first kappa shape index (κ1) is 14.7. The van der Waals surface area contributed by atoms with Crippen molar-refractivity contribution in [2.24, 2.45) is 0 Å². The first-order chi connectivity index (χ1) is 9.58. The van der Waals surface area contributed by atoms with E-state index in [-0.39, 0.29) is 18.1 Å². The van der Waals surface area contributed by atoms with Crippen molar-refractivity contribution in [2.75, 3.05) is 26.0 Å². The van der Waals surface area contributed by atoms with Crippen molar-refractivity contribution in [1.82, 2.24) is 4.90 Å². The van der Waals surface area contributed by atoms with Crippen molar-refractivity contribution in [3.63, 3.8) is 0 Å². The van der Waals surface area contributed by atoms with Crippen LogP contribution in [-0.4, -0.2) is 43.2 Å². The van der Waals surface area contributed by atoms with Gasteiger partial charge in [0.25, 0.3) is 5.91 Å². The second-order valence-corrected chi connectivity index (χ2v) is 5.09. The maximum absolute atomic E-state index is 12.8. The Bertz CT molecular complexity index is 490. The SMILES string of the molecule is CCC1COC(C)CN1C(=O)c1c(N)cccc1OC. The van der Waals surface area contributed by atoms with Gasteiger partial charge in [-0.3, -0.25) is 4.79 Å². The molecule has 1 aromatic carbocycles. The van der Waals surface area contributed by atoms with Gasteiger partial charge in [0.2, 0.25) is 0 Å². The number of hydrogen-bond acceptors (Lipinski definition) is 4. The van der Waals surface area contributed by atoms with Crippen molar-refractivity contribution in [2.45, 2.75) is 32.4 Å². The molecule has 1 aliphatic heterocycles. The van der Waals surface area contributed by atoms with Crippen LogP contribution in [0.4, 0.5) is 5.69 Å². The second-order valence-electron chi connectivity index (χ2n) is 5.09. The molecule has 20 heavy (non-hydrogen) atoms. The van der Waals surface area contributed by atoms with E-state index in [0.29, 0.717) is 30.2 Å². The Kier molecular flexibility index (Phi) is 4.49. The van der Waals surface area contributed by atoms with Gasteiger partial charge in [0.1, 0.15) is 11.3 Å². The van der Waals surface area contributed by atoms with E-state index in [0.717, 1.165) is 6.42 Å². The van der Waals surface area contributed by atoms with Crippen LogP contribution >= 0.6 is 0 Å². The minimum atomic E-state index is -0.0815. The average Bonchev–Trinajstić information content (AvgIpc) is 2.46. The number of morpholine rings is 1. The molecule has 1 heterocycles. The quantitative estimate of drug-likeness (QED) is 0.858. The Morgan fingerprint density at radius 1 is 1.55 bits per heavy atom. The van der Waals surface area contributed by atoms with Crippen LogP contribution in [0, 0.1) is 0 Å². The lowest BCUT2D eigenvalue weighted by Crippen LogP contribution is -2.51. The van der Waals surface area contributed by atoms with Crippen LogP contribution < -0.4 is 10.5 Å². The molecule has 0 bridgehead atoms. The predicted octanol–water partition coefficient (Wildman–Crippen LogP) is 1.92. The number of rotatable bonds is 3. The van der Waals surface area contributed by atoms with Crippen LogP contribution in [0.15, 0.2) is 18.2 Å². The number of ether oxygens (including phenoxy) is 2. The van der Waals surface area contributed by atoms with Crippen molar-refractivity contribution in [3.8, 4) is 5.75 Å². The van der Waals surface area contributed by atoms with Crippen LogP contribution in [0.5, 0.6) is 5.75 Å². The van der Waals surface area contributed by atoms with Gasteiger partial charge < -0.3 is 20.1 Å². The summed E-state index contributed by atoms with van der Waals surface area (Å²) in [7, 11) is 1.55. The summed E-state index contributed by atoms with van der Waals surface area (Å²) in [6, 6.07) is 5.35. The Balaban J connectivity index is 2.34. The number of hydrogen-bond donors (Lipinski definition) is 1. The van der Waals surface area contributed by atoms with Crippen molar-refractivity contribution >= 4 is 11.6 Å². The zero-order valence-corrected chi connectivity index (χ0v) is 12.3. The van der Waals surface area contributed by atoms with Gasteiger partial charge in [-0.25, -0.2) is 0 Å². The Morgan fingerprint density at radius 2 is 2.30 bits per heavy atom. The largest absolute Gasteiger partial charge is 0.496 e. The number of nitrogen functional groups attached to an aromatic ring is 1. The number of nitrogens with two attached hydrogens (primary N) is 1. The van der Waals surface area contributed by atoms with Gasteiger partial charge in [0, 0.05) is 12.2 Å². The zero-order chi connectivity index (χ0) is 14.7. The predicted molar refractivity (Wildman–Crippen MR) is 77.9 cm³/mol. The molecule has 5 nitrogen and oxygen atoms in total. The topological polar surface area (TPSA) is 64.8 Å². The maximum Gasteiger partial charge on any atom is 0.260 e. The van der Waals surface area contributed by atoms with E-state index < -0.39 is 0 Å². The summed E-state index contributed by atoms with van der Waals surface area (Å²) < 4.78 is 10.9. The number of methoxy groups -OCH3 is 1. The summed E-state index contributed by atoms with van der Waals surface area (Å²) in [6.07, 6.45) is 0.894. The molecule has 5 heteroatoms. The standard InChI is InChI=1S/C15H22N2O3/c1-4-11-9-20-10(2)8-17(11)15(18)14-12(16)6-5-7-13(14)19-3/h5-7,10-11H,4,8-9,16H2,1-3H3. The monoisotopic (exact) mass is 278 g/mol. The minimum absolute atomic E-state index is 0.0395. The molecule has 1 fully saturated rings. The molecule has 110 valence electrons. The number of benzene rings is 1. The van der Waals surface area contributed by atoms with Crippen LogP contribution in [0.25, 0.3) is 0 Å². The summed E-state index contributed by atoms with van der Waals surface area (Å²) in [5, 5.41) is 0. The van der Waals surface area contributed by atoms with Gasteiger partial charge in [-0.2, -0.15) is 0 Å². The lowest BCUT2D eigenvalue weighted by molar-refractivity contribution is -0.0444. The Morgan fingerprint density at radius 3 is 2.95 bits per heavy atom. The molecule has 0 aliphatic carbocycles. The first-order valence-electron chi connectivity index (χ1n) is 6.93. The van der Waals surface area contributed by atoms with E-state index in [1.165, 1.54) is 0 Å². The van der Waals surface area contributed by atoms with E-state index >= 15 is 0 Å². The van der Waals surface area contributed by atoms with Crippen molar-refractivity contribution < 1.29 is 14.3 Å². The molecule has 0 radical (unpaired) electrons. The Hall–Kier alpha value is -1.75. The summed E-state index contributed by atoms with van der Waals surface area (Å²) in [5.41, 5.74) is 6.86. The van der Waals surface area contributed by atoms with E-state index in [9.17, 15) is 4.79 Å². The molecule has 0 saturated carbocycles. The molecule has 1 aromatic rings. The fourth-order valence-electron chi connectivity index (χ4n) is 2.52. The van der Waals surface area contributed by atoms with E-state index in [1.54, 1.807) is 25.3 Å². The van der Waals surface area contributed by atoms with E-state index in [4.69, 9.17) is 15.2 Å². The van der Waals surface area contributed by atoms with Gasteiger partial charge >= 0.3 is 0 Å². The number of carbonyl (C=O) groups is 1. The zero-order valence-electron chi connectivity index (χ0n) is 12.3. The van der Waals surface area contributed by atoms with Crippen molar-refractivity contribution in [3.05, 3.63) is 23.8 Å². The van der Waals surface area contributed by atoms with Gasteiger partial charge in [0.05, 0.1) is 25.9 Å². The molecular formula is C15H22N2O3. The van der Waals surface area contributed by atoms with Gasteiger partial charge in [-0.1, -0.05) is 13.0 Å². The summed E-state index contributed by atoms with van der Waals surface area (Å²) in [6.45, 7) is 5.17. The smallest absolute Gasteiger partial charge is 0.260 e. The van der Waals surface area contributed by atoms with E-state index in [1.807, 2.05) is 11.8 Å². The molecule has 2 atom stereocenters.